The fraction of sp³-hybridized carbons (Fsp3) is 0.450. The summed E-state index contributed by atoms with van der Waals surface area (Å²) in [5.41, 5.74) is 1.75. The Morgan fingerprint density at radius 1 is 1.36 bits per heavy atom. The van der Waals surface area contributed by atoms with Gasteiger partial charge in [0.25, 0.3) is 11.8 Å². The molecule has 2 bridgehead atoms. The Morgan fingerprint density at radius 3 is 2.96 bits per heavy atom. The molecule has 8 nitrogen and oxygen atoms in total. The molecule has 1 N–H and O–H groups in total. The lowest BCUT2D eigenvalue weighted by Gasteiger charge is -2.23. The zero-order valence-electron chi connectivity index (χ0n) is 16.5. The Bertz CT molecular complexity index is 848. The van der Waals surface area contributed by atoms with Crippen LogP contribution in [0.3, 0.4) is 0 Å². The maximum absolute atomic E-state index is 13.0. The van der Waals surface area contributed by atoms with Gasteiger partial charge in [0, 0.05) is 25.9 Å². The first kappa shape index (κ1) is 19.9. The van der Waals surface area contributed by atoms with E-state index in [1.54, 1.807) is 17.9 Å². The van der Waals surface area contributed by atoms with Crippen molar-refractivity contribution in [1.82, 2.24) is 20.2 Å². The van der Waals surface area contributed by atoms with E-state index in [1.807, 2.05) is 24.3 Å². The summed E-state index contributed by atoms with van der Waals surface area (Å²) < 4.78 is 7.43. The number of nitrogens with zero attached hydrogens (tertiary/aromatic N) is 3. The predicted molar refractivity (Wildman–Crippen MR) is 104 cm³/mol. The van der Waals surface area contributed by atoms with Gasteiger partial charge in [-0.2, -0.15) is 5.10 Å². The lowest BCUT2D eigenvalue weighted by molar-refractivity contribution is -0.171. The van der Waals surface area contributed by atoms with E-state index in [9.17, 15) is 9.59 Å². The normalized spacial score (nSPS) is 17.7. The van der Waals surface area contributed by atoms with Crippen LogP contribution in [-0.4, -0.2) is 53.5 Å². The first-order valence-electron chi connectivity index (χ1n) is 9.39. The molecule has 2 heterocycles. The molecule has 3 rings (SSSR count). The number of hydroxylamine groups is 2. The van der Waals surface area contributed by atoms with Gasteiger partial charge in [-0.05, 0) is 31.4 Å². The molecule has 1 aliphatic heterocycles. The van der Waals surface area contributed by atoms with Crippen molar-refractivity contribution >= 4 is 11.8 Å². The highest BCUT2D eigenvalue weighted by Gasteiger charge is 2.27. The van der Waals surface area contributed by atoms with Crippen LogP contribution in [0.2, 0.25) is 0 Å². The molecular formula is C20H26N4O4. The van der Waals surface area contributed by atoms with E-state index in [0.29, 0.717) is 24.3 Å². The number of fused-ring (bicyclic) bond motifs is 4. The average molecular weight is 386 g/mol. The zero-order valence-corrected chi connectivity index (χ0v) is 16.5. The molecule has 2 amide bonds. The van der Waals surface area contributed by atoms with Gasteiger partial charge in [-0.15, -0.1) is 0 Å². The summed E-state index contributed by atoms with van der Waals surface area (Å²) in [5, 5.41) is 8.46. The zero-order chi connectivity index (χ0) is 20.1. The smallest absolute Gasteiger partial charge is 0.268 e. The molecule has 0 radical (unpaired) electrons. The third kappa shape index (κ3) is 4.51. The van der Waals surface area contributed by atoms with Crippen molar-refractivity contribution in [3.63, 3.8) is 0 Å². The largest absolute Gasteiger partial charge is 0.494 e. The van der Waals surface area contributed by atoms with Crippen LogP contribution >= 0.6 is 0 Å². The minimum absolute atomic E-state index is 0.286. The van der Waals surface area contributed by atoms with E-state index in [0.717, 1.165) is 35.6 Å². The van der Waals surface area contributed by atoms with E-state index in [4.69, 9.17) is 9.57 Å². The van der Waals surface area contributed by atoms with Crippen molar-refractivity contribution in [2.24, 2.45) is 7.05 Å². The van der Waals surface area contributed by atoms with Crippen LogP contribution < -0.4 is 10.1 Å². The van der Waals surface area contributed by atoms with Crippen molar-refractivity contribution in [3.05, 3.63) is 36.0 Å². The molecule has 0 saturated carbocycles. The minimum Gasteiger partial charge on any atom is -0.494 e. The number of benzene rings is 1. The summed E-state index contributed by atoms with van der Waals surface area (Å²) in [4.78, 5) is 30.6. The lowest BCUT2D eigenvalue weighted by Crippen LogP contribution is -2.47. The number of likely N-dealkylation sites (N-methyl/N-ethyl adjacent to an activating group) is 1. The topological polar surface area (TPSA) is 85.7 Å². The number of nitrogens with one attached hydrogen (secondary N) is 1. The molecule has 1 atom stereocenters. The second-order valence-electron chi connectivity index (χ2n) is 6.84. The fourth-order valence-corrected chi connectivity index (χ4v) is 3.22. The molecule has 1 aromatic carbocycles. The van der Waals surface area contributed by atoms with Crippen LogP contribution in [0.5, 0.6) is 5.75 Å². The van der Waals surface area contributed by atoms with Crippen LogP contribution in [-0.2, 0) is 16.7 Å². The van der Waals surface area contributed by atoms with Gasteiger partial charge in [-0.3, -0.25) is 19.1 Å². The summed E-state index contributed by atoms with van der Waals surface area (Å²) in [5.74, 6) is 0.127. The SMILES string of the molecule is CON(C)C(=O)[C@@H]1CCCCCOc2cccc(c2)-c2nn(C)cc2C(=O)N1. The third-order valence-corrected chi connectivity index (χ3v) is 4.77. The highest BCUT2D eigenvalue weighted by Crippen LogP contribution is 2.26. The number of ether oxygens (including phenoxy) is 1. The molecular weight excluding hydrogens is 360 g/mol. The molecule has 0 fully saturated rings. The first-order valence-corrected chi connectivity index (χ1v) is 9.39. The number of aromatic nitrogens is 2. The first-order chi connectivity index (χ1) is 13.5. The summed E-state index contributed by atoms with van der Waals surface area (Å²) in [6.45, 7) is 0.599. The molecule has 150 valence electrons. The van der Waals surface area contributed by atoms with E-state index >= 15 is 0 Å². The van der Waals surface area contributed by atoms with Crippen molar-refractivity contribution in [3.8, 4) is 17.0 Å². The van der Waals surface area contributed by atoms with Gasteiger partial charge in [0.05, 0.1) is 19.3 Å². The van der Waals surface area contributed by atoms with Crippen LogP contribution in [0, 0.1) is 0 Å². The number of carbonyl (C=O) groups excluding carboxylic acids is 2. The number of amides is 2. The molecule has 8 heteroatoms. The molecule has 0 spiro atoms. The number of rotatable bonds is 2. The molecule has 28 heavy (non-hydrogen) atoms. The monoisotopic (exact) mass is 386 g/mol. The maximum Gasteiger partial charge on any atom is 0.268 e. The summed E-state index contributed by atoms with van der Waals surface area (Å²) in [7, 11) is 4.72. The van der Waals surface area contributed by atoms with E-state index in [-0.39, 0.29) is 11.8 Å². The Labute approximate surface area is 164 Å². The minimum atomic E-state index is -0.666. The van der Waals surface area contributed by atoms with Crippen LogP contribution in [0.1, 0.15) is 36.0 Å². The van der Waals surface area contributed by atoms with Gasteiger partial charge in [-0.25, -0.2) is 5.06 Å². The van der Waals surface area contributed by atoms with E-state index in [1.165, 1.54) is 14.2 Å². The van der Waals surface area contributed by atoms with Crippen LogP contribution in [0.4, 0.5) is 0 Å². The highest BCUT2D eigenvalue weighted by atomic mass is 16.7. The summed E-state index contributed by atoms with van der Waals surface area (Å²) in [6.07, 6.45) is 4.74. The number of aryl methyl sites for hydroxylation is 1. The molecule has 0 aliphatic carbocycles. The Hall–Kier alpha value is -2.87. The molecule has 0 saturated heterocycles. The van der Waals surface area contributed by atoms with Gasteiger partial charge in [0.2, 0.25) is 0 Å². The number of hydrogen-bond donors (Lipinski definition) is 1. The predicted octanol–water partition coefficient (Wildman–Crippen LogP) is 2.16. The fourth-order valence-electron chi connectivity index (χ4n) is 3.22. The maximum atomic E-state index is 13.0. The second kappa shape index (κ2) is 8.88. The van der Waals surface area contributed by atoms with Gasteiger partial charge in [-0.1, -0.05) is 18.6 Å². The number of carbonyl (C=O) groups is 2. The van der Waals surface area contributed by atoms with Crippen molar-refractivity contribution in [1.29, 1.82) is 0 Å². The molecule has 1 aliphatic rings. The van der Waals surface area contributed by atoms with Crippen molar-refractivity contribution in [2.75, 3.05) is 20.8 Å². The quantitative estimate of drug-likeness (QED) is 0.800. The van der Waals surface area contributed by atoms with E-state index < -0.39 is 6.04 Å². The van der Waals surface area contributed by atoms with Crippen molar-refractivity contribution in [2.45, 2.75) is 31.7 Å². The van der Waals surface area contributed by atoms with Crippen molar-refractivity contribution < 1.29 is 19.2 Å². The molecule has 0 unspecified atom stereocenters. The second-order valence-corrected chi connectivity index (χ2v) is 6.84. The lowest BCUT2D eigenvalue weighted by atomic mass is 10.0. The Kier molecular flexibility index (Phi) is 6.30. The third-order valence-electron chi connectivity index (χ3n) is 4.77. The number of hydrogen-bond acceptors (Lipinski definition) is 5. The van der Waals surface area contributed by atoms with E-state index in [2.05, 4.69) is 10.4 Å². The van der Waals surface area contributed by atoms with Gasteiger partial charge in [0.15, 0.2) is 0 Å². The Balaban J connectivity index is 1.96. The van der Waals surface area contributed by atoms with Crippen LogP contribution in [0.15, 0.2) is 30.5 Å². The summed E-state index contributed by atoms with van der Waals surface area (Å²) in [6, 6.07) is 6.88. The standard InChI is InChI=1S/C20H26N4O4/c1-23-13-16-18(22-23)14-8-7-9-15(12-14)28-11-6-4-5-10-17(21-19(16)25)20(26)24(2)27-3/h7-9,12-13,17H,4-6,10-11H2,1-3H3,(H,21,25)/t17-/m0/s1. The van der Waals surface area contributed by atoms with Gasteiger partial charge >= 0.3 is 0 Å². The highest BCUT2D eigenvalue weighted by molar-refractivity contribution is 6.01. The molecule has 1 aromatic heterocycles. The van der Waals surface area contributed by atoms with Crippen LogP contribution in [0.25, 0.3) is 11.3 Å². The summed E-state index contributed by atoms with van der Waals surface area (Å²) >= 11 is 0. The molecule has 2 aromatic rings. The Morgan fingerprint density at radius 2 is 2.18 bits per heavy atom. The average Bonchev–Trinajstić information content (AvgIpc) is 3.10. The van der Waals surface area contributed by atoms with Gasteiger partial charge < -0.3 is 10.1 Å². The van der Waals surface area contributed by atoms with Gasteiger partial charge in [0.1, 0.15) is 17.5 Å².